The van der Waals surface area contributed by atoms with Crippen molar-refractivity contribution in [3.8, 4) is 11.4 Å². The lowest BCUT2D eigenvalue weighted by atomic mass is 10.1. The van der Waals surface area contributed by atoms with Crippen molar-refractivity contribution in [3.05, 3.63) is 40.3 Å². The summed E-state index contributed by atoms with van der Waals surface area (Å²) in [6, 6.07) is 4.67. The van der Waals surface area contributed by atoms with Gasteiger partial charge in [-0.3, -0.25) is 9.36 Å². The number of carbonyl (C=O) groups is 1. The number of nitrogens with one attached hydrogen (secondary N) is 1. The fraction of sp³-hybridized carbons (Fsp3) is 0.438. The maximum Gasteiger partial charge on any atom is 0.416 e. The minimum Gasteiger partial charge on any atom is -0.354 e. The molecule has 0 aliphatic heterocycles. The Kier molecular flexibility index (Phi) is 4.40. The Bertz CT molecular complexity index is 850. The topological polar surface area (TPSA) is 68.9 Å². The third-order valence-corrected chi connectivity index (χ3v) is 4.06. The van der Waals surface area contributed by atoms with E-state index in [-0.39, 0.29) is 36.3 Å². The summed E-state index contributed by atoms with van der Waals surface area (Å²) >= 11 is 0. The molecule has 3 rings (SSSR count). The highest BCUT2D eigenvalue weighted by Gasteiger charge is 2.31. The van der Waals surface area contributed by atoms with Crippen molar-refractivity contribution >= 4 is 5.91 Å². The molecule has 6 nitrogen and oxygen atoms in total. The van der Waals surface area contributed by atoms with E-state index in [1.807, 2.05) is 0 Å². The van der Waals surface area contributed by atoms with Crippen LogP contribution < -0.4 is 11.0 Å². The average Bonchev–Trinajstić information content (AvgIpc) is 3.37. The van der Waals surface area contributed by atoms with Gasteiger partial charge in [-0.25, -0.2) is 9.48 Å². The molecule has 2 aromatic rings. The van der Waals surface area contributed by atoms with E-state index >= 15 is 0 Å². The number of rotatable bonds is 5. The number of hydrogen-bond acceptors (Lipinski definition) is 3. The molecule has 1 N–H and O–H groups in total. The van der Waals surface area contributed by atoms with Crippen LogP contribution in [0.15, 0.2) is 29.1 Å². The van der Waals surface area contributed by atoms with Gasteiger partial charge in [-0.1, -0.05) is 12.1 Å². The number of amides is 1. The molecular weight excluding hydrogens is 337 g/mol. The van der Waals surface area contributed by atoms with Crippen molar-refractivity contribution in [2.75, 3.05) is 6.54 Å². The summed E-state index contributed by atoms with van der Waals surface area (Å²) in [6.45, 7) is 0.401. The van der Waals surface area contributed by atoms with E-state index in [0.29, 0.717) is 0 Å². The Balaban J connectivity index is 1.79. The van der Waals surface area contributed by atoms with Gasteiger partial charge in [0.1, 0.15) is 0 Å². The maximum absolute atomic E-state index is 12.8. The Hall–Kier alpha value is -2.58. The summed E-state index contributed by atoms with van der Waals surface area (Å²) < 4.78 is 40.9. The van der Waals surface area contributed by atoms with Gasteiger partial charge in [-0.2, -0.15) is 13.2 Å². The van der Waals surface area contributed by atoms with E-state index in [2.05, 4.69) is 10.4 Å². The number of alkyl halides is 3. The van der Waals surface area contributed by atoms with Gasteiger partial charge in [0.2, 0.25) is 5.91 Å². The molecule has 1 aromatic heterocycles. The molecule has 1 aliphatic rings. The first-order valence-electron chi connectivity index (χ1n) is 7.86. The quantitative estimate of drug-likeness (QED) is 0.890. The van der Waals surface area contributed by atoms with Crippen LogP contribution in [0.25, 0.3) is 11.4 Å². The van der Waals surface area contributed by atoms with Crippen LogP contribution in [0.4, 0.5) is 13.2 Å². The first-order chi connectivity index (χ1) is 11.8. The van der Waals surface area contributed by atoms with E-state index < -0.39 is 17.4 Å². The Morgan fingerprint density at radius 2 is 2.08 bits per heavy atom. The molecule has 1 fully saturated rings. The smallest absolute Gasteiger partial charge is 0.354 e. The van der Waals surface area contributed by atoms with Crippen molar-refractivity contribution in [2.24, 2.45) is 13.0 Å². The third-order valence-electron chi connectivity index (χ3n) is 4.06. The molecular formula is C16H17F3N4O2. The first-order valence-corrected chi connectivity index (χ1v) is 7.86. The zero-order chi connectivity index (χ0) is 18.2. The van der Waals surface area contributed by atoms with Crippen LogP contribution in [0.2, 0.25) is 0 Å². The zero-order valence-corrected chi connectivity index (χ0v) is 13.5. The van der Waals surface area contributed by atoms with Crippen LogP contribution in [0, 0.1) is 5.92 Å². The summed E-state index contributed by atoms with van der Waals surface area (Å²) in [5.74, 6) is 0.174. The molecule has 1 aromatic carbocycles. The molecule has 134 valence electrons. The molecule has 1 saturated carbocycles. The minimum absolute atomic E-state index is 0.0397. The van der Waals surface area contributed by atoms with Crippen LogP contribution in [0.5, 0.6) is 0 Å². The minimum atomic E-state index is -4.47. The number of carbonyl (C=O) groups excluding carboxylic acids is 1. The molecule has 0 saturated heterocycles. The van der Waals surface area contributed by atoms with Crippen molar-refractivity contribution in [3.63, 3.8) is 0 Å². The van der Waals surface area contributed by atoms with Gasteiger partial charge in [-0.15, -0.1) is 5.10 Å². The first kappa shape index (κ1) is 17.2. The van der Waals surface area contributed by atoms with Gasteiger partial charge in [0.05, 0.1) is 12.1 Å². The standard InChI is InChI=1S/C16H17F3N4O2/c1-22-13(11-3-2-4-12(9-11)16(17,18)19)21-23(15(22)25)8-7-20-14(24)10-5-6-10/h2-4,9-10H,5-8H2,1H3,(H,20,24). The summed E-state index contributed by atoms with van der Waals surface area (Å²) in [5, 5.41) is 6.83. The largest absolute Gasteiger partial charge is 0.416 e. The van der Waals surface area contributed by atoms with E-state index in [1.165, 1.54) is 23.7 Å². The number of halogens is 3. The van der Waals surface area contributed by atoms with Crippen molar-refractivity contribution in [1.82, 2.24) is 19.7 Å². The van der Waals surface area contributed by atoms with Crippen LogP contribution in [0.1, 0.15) is 18.4 Å². The molecule has 0 spiro atoms. The summed E-state index contributed by atoms with van der Waals surface area (Å²) in [5.41, 5.74) is -1.05. The highest BCUT2D eigenvalue weighted by molar-refractivity contribution is 5.80. The van der Waals surface area contributed by atoms with Crippen LogP contribution in [-0.4, -0.2) is 26.8 Å². The second kappa shape index (κ2) is 6.38. The fourth-order valence-corrected chi connectivity index (χ4v) is 2.49. The van der Waals surface area contributed by atoms with Crippen LogP contribution in [0.3, 0.4) is 0 Å². The number of benzene rings is 1. The lowest BCUT2D eigenvalue weighted by Crippen LogP contribution is -2.32. The van der Waals surface area contributed by atoms with Crippen LogP contribution >= 0.6 is 0 Å². The number of nitrogens with zero attached hydrogens (tertiary/aromatic N) is 3. The Labute approximate surface area is 141 Å². The molecule has 1 heterocycles. The molecule has 0 bridgehead atoms. The molecule has 9 heteroatoms. The zero-order valence-electron chi connectivity index (χ0n) is 13.5. The number of aromatic nitrogens is 3. The van der Waals surface area contributed by atoms with Crippen LogP contribution in [-0.2, 0) is 24.6 Å². The SMILES string of the molecule is Cn1c(-c2cccc(C(F)(F)F)c2)nn(CCNC(=O)C2CC2)c1=O. The molecule has 0 atom stereocenters. The van der Waals surface area contributed by atoms with Gasteiger partial charge < -0.3 is 5.32 Å². The molecule has 25 heavy (non-hydrogen) atoms. The van der Waals surface area contributed by atoms with Crippen molar-refractivity contribution < 1.29 is 18.0 Å². The average molecular weight is 354 g/mol. The highest BCUT2D eigenvalue weighted by Crippen LogP contribution is 2.31. The lowest BCUT2D eigenvalue weighted by Gasteiger charge is -2.08. The van der Waals surface area contributed by atoms with E-state index in [1.54, 1.807) is 0 Å². The van der Waals surface area contributed by atoms with Gasteiger partial charge in [0.15, 0.2) is 5.82 Å². The highest BCUT2D eigenvalue weighted by atomic mass is 19.4. The lowest BCUT2D eigenvalue weighted by molar-refractivity contribution is -0.137. The van der Waals surface area contributed by atoms with Crippen molar-refractivity contribution in [2.45, 2.75) is 25.6 Å². The van der Waals surface area contributed by atoms with Gasteiger partial charge in [0.25, 0.3) is 0 Å². The van der Waals surface area contributed by atoms with Gasteiger partial charge >= 0.3 is 11.9 Å². The fourth-order valence-electron chi connectivity index (χ4n) is 2.49. The van der Waals surface area contributed by atoms with E-state index in [0.717, 1.165) is 29.7 Å². The van der Waals surface area contributed by atoms with E-state index in [9.17, 15) is 22.8 Å². The Morgan fingerprint density at radius 3 is 2.72 bits per heavy atom. The number of hydrogen-bond donors (Lipinski definition) is 1. The molecule has 0 radical (unpaired) electrons. The second-order valence-corrected chi connectivity index (χ2v) is 6.03. The summed E-state index contributed by atoms with van der Waals surface area (Å²) in [4.78, 5) is 23.8. The predicted octanol–water partition coefficient (Wildman–Crippen LogP) is 1.79. The normalized spacial score (nSPS) is 14.6. The second-order valence-electron chi connectivity index (χ2n) is 6.03. The molecule has 1 amide bonds. The van der Waals surface area contributed by atoms with Gasteiger partial charge in [-0.05, 0) is 25.0 Å². The third kappa shape index (κ3) is 3.75. The van der Waals surface area contributed by atoms with Crippen molar-refractivity contribution in [1.29, 1.82) is 0 Å². The summed E-state index contributed by atoms with van der Waals surface area (Å²) in [7, 11) is 1.45. The molecule has 0 unspecified atom stereocenters. The molecule has 1 aliphatic carbocycles. The summed E-state index contributed by atoms with van der Waals surface area (Å²) in [6.07, 6.45) is -2.70. The maximum atomic E-state index is 12.8. The Morgan fingerprint density at radius 1 is 1.36 bits per heavy atom. The monoisotopic (exact) mass is 354 g/mol. The predicted molar refractivity (Wildman–Crippen MR) is 83.6 cm³/mol. The van der Waals surface area contributed by atoms with Gasteiger partial charge in [0, 0.05) is 25.1 Å². The van der Waals surface area contributed by atoms with E-state index in [4.69, 9.17) is 0 Å².